The molecule has 0 unspecified atom stereocenters. The lowest BCUT2D eigenvalue weighted by Crippen LogP contribution is -2.29. The normalized spacial score (nSPS) is 11.4. The third kappa shape index (κ3) is 1.92. The van der Waals surface area contributed by atoms with Gasteiger partial charge in [0.1, 0.15) is 0 Å². The van der Waals surface area contributed by atoms with Crippen molar-refractivity contribution in [2.75, 3.05) is 7.11 Å². The van der Waals surface area contributed by atoms with Gasteiger partial charge >= 0.3 is 0 Å². The van der Waals surface area contributed by atoms with Crippen molar-refractivity contribution in [3.8, 4) is 11.5 Å². The zero-order valence-electron chi connectivity index (χ0n) is 8.16. The monoisotopic (exact) mass is 181 g/mol. The molecule has 3 heteroatoms. The number of hydrogen-bond acceptors (Lipinski definition) is 3. The van der Waals surface area contributed by atoms with Crippen molar-refractivity contribution in [1.82, 2.24) is 0 Å². The van der Waals surface area contributed by atoms with Gasteiger partial charge in [-0.2, -0.15) is 0 Å². The number of phenols is 1. The maximum Gasteiger partial charge on any atom is 0.165 e. The summed E-state index contributed by atoms with van der Waals surface area (Å²) in [5, 5.41) is 9.47. The Morgan fingerprint density at radius 1 is 1.38 bits per heavy atom. The molecular weight excluding hydrogens is 166 g/mol. The Bertz CT molecular complexity index is 302. The predicted molar refractivity (Wildman–Crippen MR) is 51.9 cm³/mol. The van der Waals surface area contributed by atoms with Crippen molar-refractivity contribution in [2.45, 2.75) is 19.4 Å². The van der Waals surface area contributed by atoms with Crippen LogP contribution in [-0.4, -0.2) is 12.2 Å². The van der Waals surface area contributed by atoms with E-state index < -0.39 is 5.54 Å². The van der Waals surface area contributed by atoms with E-state index in [4.69, 9.17) is 10.5 Å². The minimum absolute atomic E-state index is 0.124. The molecule has 1 rings (SSSR count). The molecule has 0 bridgehead atoms. The van der Waals surface area contributed by atoms with E-state index in [0.29, 0.717) is 5.75 Å². The molecule has 0 radical (unpaired) electrons. The lowest BCUT2D eigenvalue weighted by atomic mass is 9.94. The number of ether oxygens (including phenoxy) is 1. The summed E-state index contributed by atoms with van der Waals surface area (Å²) in [4.78, 5) is 0. The fourth-order valence-electron chi connectivity index (χ4n) is 1.25. The van der Waals surface area contributed by atoms with Crippen molar-refractivity contribution in [1.29, 1.82) is 0 Å². The molecule has 0 aromatic heterocycles. The number of hydrogen-bond donors (Lipinski definition) is 2. The molecule has 3 N–H and O–H groups in total. The fraction of sp³-hybridized carbons (Fsp3) is 0.400. The van der Waals surface area contributed by atoms with Crippen molar-refractivity contribution in [2.24, 2.45) is 5.73 Å². The molecular formula is C10H15NO2. The minimum atomic E-state index is -0.510. The highest BCUT2D eigenvalue weighted by Crippen LogP contribution is 2.34. The second-order valence-corrected chi connectivity index (χ2v) is 3.58. The van der Waals surface area contributed by atoms with Crippen LogP contribution in [0.1, 0.15) is 19.4 Å². The largest absolute Gasteiger partial charge is 0.504 e. The van der Waals surface area contributed by atoms with Crippen molar-refractivity contribution >= 4 is 0 Å². The van der Waals surface area contributed by atoms with Crippen LogP contribution in [0.2, 0.25) is 0 Å². The Balaban J connectivity index is 3.29. The first-order chi connectivity index (χ1) is 5.96. The quantitative estimate of drug-likeness (QED) is 0.728. The number of nitrogens with two attached hydrogens (primary N) is 1. The Morgan fingerprint density at radius 2 is 2.00 bits per heavy atom. The molecule has 0 saturated heterocycles. The molecule has 0 aliphatic heterocycles. The van der Waals surface area contributed by atoms with Crippen LogP contribution >= 0.6 is 0 Å². The zero-order chi connectivity index (χ0) is 10.1. The van der Waals surface area contributed by atoms with Crippen LogP contribution in [0.3, 0.4) is 0 Å². The van der Waals surface area contributed by atoms with E-state index in [1.54, 1.807) is 12.1 Å². The van der Waals surface area contributed by atoms with Gasteiger partial charge in [0.05, 0.1) is 7.11 Å². The first-order valence-corrected chi connectivity index (χ1v) is 4.12. The maximum atomic E-state index is 9.47. The lowest BCUT2D eigenvalue weighted by molar-refractivity contribution is 0.358. The highest BCUT2D eigenvalue weighted by molar-refractivity contribution is 5.48. The molecule has 3 nitrogen and oxygen atoms in total. The molecule has 0 fully saturated rings. The van der Waals surface area contributed by atoms with Crippen LogP contribution in [-0.2, 0) is 5.54 Å². The fourth-order valence-corrected chi connectivity index (χ4v) is 1.25. The number of methoxy groups -OCH3 is 1. The van der Waals surface area contributed by atoms with Gasteiger partial charge in [-0.05, 0) is 19.9 Å². The number of para-hydroxylation sites is 1. The van der Waals surface area contributed by atoms with E-state index in [-0.39, 0.29) is 5.75 Å². The highest BCUT2D eigenvalue weighted by atomic mass is 16.5. The molecule has 72 valence electrons. The molecule has 13 heavy (non-hydrogen) atoms. The van der Waals surface area contributed by atoms with E-state index in [0.717, 1.165) is 5.56 Å². The van der Waals surface area contributed by atoms with Gasteiger partial charge in [-0.15, -0.1) is 0 Å². The first-order valence-electron chi connectivity index (χ1n) is 4.12. The van der Waals surface area contributed by atoms with Gasteiger partial charge in [0, 0.05) is 11.1 Å². The van der Waals surface area contributed by atoms with Gasteiger partial charge in [0.25, 0.3) is 0 Å². The molecule has 0 aliphatic rings. The Morgan fingerprint density at radius 3 is 2.38 bits per heavy atom. The number of rotatable bonds is 2. The third-order valence-electron chi connectivity index (χ3n) is 1.89. The zero-order valence-corrected chi connectivity index (χ0v) is 8.16. The average Bonchev–Trinajstić information content (AvgIpc) is 2.02. The molecule has 0 saturated carbocycles. The molecule has 1 aromatic carbocycles. The molecule has 1 aromatic rings. The van der Waals surface area contributed by atoms with E-state index in [1.165, 1.54) is 7.11 Å². The van der Waals surface area contributed by atoms with Crippen LogP contribution < -0.4 is 10.5 Å². The SMILES string of the molecule is COc1c(O)cccc1C(C)(C)N. The Hall–Kier alpha value is -1.22. The van der Waals surface area contributed by atoms with Gasteiger partial charge in [-0.25, -0.2) is 0 Å². The summed E-state index contributed by atoms with van der Waals surface area (Å²) in [6.45, 7) is 3.73. The molecule has 0 amide bonds. The van der Waals surface area contributed by atoms with Crippen molar-refractivity contribution < 1.29 is 9.84 Å². The van der Waals surface area contributed by atoms with Crippen molar-refractivity contribution in [3.63, 3.8) is 0 Å². The summed E-state index contributed by atoms with van der Waals surface area (Å²) in [5.41, 5.74) is 6.20. The van der Waals surface area contributed by atoms with Crippen LogP contribution in [0, 0.1) is 0 Å². The van der Waals surface area contributed by atoms with Crippen LogP contribution in [0.15, 0.2) is 18.2 Å². The molecule has 0 spiro atoms. The third-order valence-corrected chi connectivity index (χ3v) is 1.89. The summed E-state index contributed by atoms with van der Waals surface area (Å²) < 4.78 is 5.07. The summed E-state index contributed by atoms with van der Waals surface area (Å²) >= 11 is 0. The summed E-state index contributed by atoms with van der Waals surface area (Å²) in [6, 6.07) is 5.18. The minimum Gasteiger partial charge on any atom is -0.504 e. The second-order valence-electron chi connectivity index (χ2n) is 3.58. The van der Waals surface area contributed by atoms with Crippen LogP contribution in [0.5, 0.6) is 11.5 Å². The Labute approximate surface area is 78.1 Å². The maximum absolute atomic E-state index is 9.47. The summed E-state index contributed by atoms with van der Waals surface area (Å²) in [7, 11) is 1.52. The molecule has 0 heterocycles. The smallest absolute Gasteiger partial charge is 0.165 e. The van der Waals surface area contributed by atoms with Gasteiger partial charge in [-0.3, -0.25) is 0 Å². The first kappa shape index (κ1) is 9.86. The Kier molecular flexibility index (Phi) is 2.48. The summed E-state index contributed by atoms with van der Waals surface area (Å²) in [5.74, 6) is 0.577. The van der Waals surface area contributed by atoms with Crippen LogP contribution in [0.25, 0.3) is 0 Å². The average molecular weight is 181 g/mol. The number of aromatic hydroxyl groups is 1. The van der Waals surface area contributed by atoms with Gasteiger partial charge in [0.15, 0.2) is 11.5 Å². The topological polar surface area (TPSA) is 55.5 Å². The predicted octanol–water partition coefficient (Wildman–Crippen LogP) is 1.59. The number of phenolic OH excluding ortho intramolecular Hbond substituents is 1. The van der Waals surface area contributed by atoms with Gasteiger partial charge in [0.2, 0.25) is 0 Å². The van der Waals surface area contributed by atoms with E-state index in [1.807, 2.05) is 19.9 Å². The second kappa shape index (κ2) is 3.26. The van der Waals surface area contributed by atoms with E-state index in [2.05, 4.69) is 0 Å². The van der Waals surface area contributed by atoms with Crippen LogP contribution in [0.4, 0.5) is 0 Å². The van der Waals surface area contributed by atoms with Gasteiger partial charge < -0.3 is 15.6 Å². The lowest BCUT2D eigenvalue weighted by Gasteiger charge is -2.22. The highest BCUT2D eigenvalue weighted by Gasteiger charge is 2.20. The molecule has 0 atom stereocenters. The van der Waals surface area contributed by atoms with Crippen molar-refractivity contribution in [3.05, 3.63) is 23.8 Å². The summed E-state index contributed by atoms with van der Waals surface area (Å²) in [6.07, 6.45) is 0. The molecule has 0 aliphatic carbocycles. The van der Waals surface area contributed by atoms with Gasteiger partial charge in [-0.1, -0.05) is 12.1 Å². The number of benzene rings is 1. The van der Waals surface area contributed by atoms with E-state index >= 15 is 0 Å². The van der Waals surface area contributed by atoms with E-state index in [9.17, 15) is 5.11 Å². The standard InChI is InChI=1S/C10H15NO2/c1-10(2,11)7-5-4-6-8(12)9(7)13-3/h4-6,12H,11H2,1-3H3.